The van der Waals surface area contributed by atoms with Gasteiger partial charge in [0.1, 0.15) is 0 Å². The van der Waals surface area contributed by atoms with Gasteiger partial charge < -0.3 is 20.1 Å². The quantitative estimate of drug-likeness (QED) is 0.641. The van der Waals surface area contributed by atoms with E-state index in [4.69, 9.17) is 9.84 Å². The fraction of sp³-hybridized carbons (Fsp3) is 0.727. The molecule has 0 bridgehead atoms. The Balaban J connectivity index is 2.41. The predicted molar refractivity (Wildman–Crippen MR) is 61.8 cm³/mol. The summed E-state index contributed by atoms with van der Waals surface area (Å²) < 4.78 is 4.87. The van der Waals surface area contributed by atoms with Crippen molar-refractivity contribution in [2.75, 3.05) is 26.8 Å². The Hall–Kier alpha value is -1.63. The molecule has 0 spiro atoms. The predicted octanol–water partition coefficient (Wildman–Crippen LogP) is -0.929. The third-order valence-corrected chi connectivity index (χ3v) is 2.72. The van der Waals surface area contributed by atoms with Crippen molar-refractivity contribution in [1.82, 2.24) is 10.2 Å². The Morgan fingerprint density at radius 2 is 2.28 bits per heavy atom. The minimum atomic E-state index is -1.00. The summed E-state index contributed by atoms with van der Waals surface area (Å²) in [6.45, 7) is 2.17. The van der Waals surface area contributed by atoms with Gasteiger partial charge in [-0.2, -0.15) is 0 Å². The van der Waals surface area contributed by atoms with Crippen molar-refractivity contribution >= 4 is 17.8 Å². The largest absolute Gasteiger partial charge is 0.481 e. The molecule has 0 aliphatic carbocycles. The summed E-state index contributed by atoms with van der Waals surface area (Å²) in [6, 6.07) is -0.143. The second kappa shape index (κ2) is 6.34. The highest BCUT2D eigenvalue weighted by Crippen LogP contribution is 2.17. The van der Waals surface area contributed by atoms with E-state index < -0.39 is 11.9 Å². The van der Waals surface area contributed by atoms with Gasteiger partial charge in [0.15, 0.2) is 0 Å². The molecule has 0 radical (unpaired) electrons. The lowest BCUT2D eigenvalue weighted by Gasteiger charge is -2.18. The smallest absolute Gasteiger partial charge is 0.308 e. The number of nitrogens with one attached hydrogen (secondary N) is 1. The van der Waals surface area contributed by atoms with Crippen LogP contribution in [0.3, 0.4) is 0 Å². The van der Waals surface area contributed by atoms with Crippen LogP contribution < -0.4 is 5.32 Å². The first-order valence-corrected chi connectivity index (χ1v) is 5.73. The highest BCUT2D eigenvalue weighted by atomic mass is 16.5. The van der Waals surface area contributed by atoms with E-state index in [2.05, 4.69) is 5.32 Å². The molecule has 1 aliphatic rings. The average Bonchev–Trinajstić information content (AvgIpc) is 2.60. The minimum Gasteiger partial charge on any atom is -0.481 e. The number of carboxylic acid groups (broad SMARTS) is 1. The average molecular weight is 258 g/mol. The van der Waals surface area contributed by atoms with Crippen molar-refractivity contribution in [3.8, 4) is 0 Å². The molecule has 1 fully saturated rings. The van der Waals surface area contributed by atoms with Gasteiger partial charge in [-0.25, -0.2) is 0 Å². The lowest BCUT2D eigenvalue weighted by Crippen LogP contribution is -2.43. The summed E-state index contributed by atoms with van der Waals surface area (Å²) >= 11 is 0. The molecule has 18 heavy (non-hydrogen) atoms. The van der Waals surface area contributed by atoms with E-state index in [-0.39, 0.29) is 37.4 Å². The van der Waals surface area contributed by atoms with Crippen molar-refractivity contribution in [2.24, 2.45) is 5.92 Å². The molecule has 102 valence electrons. The number of hydrogen-bond acceptors (Lipinski definition) is 4. The third-order valence-electron chi connectivity index (χ3n) is 2.72. The van der Waals surface area contributed by atoms with Crippen LogP contribution in [0.1, 0.15) is 13.3 Å². The lowest BCUT2D eigenvalue weighted by molar-refractivity contribution is -0.141. The Morgan fingerprint density at radius 3 is 2.78 bits per heavy atom. The van der Waals surface area contributed by atoms with Gasteiger partial charge in [-0.15, -0.1) is 0 Å². The minimum absolute atomic E-state index is 0.0315. The van der Waals surface area contributed by atoms with E-state index in [1.165, 1.54) is 12.0 Å². The van der Waals surface area contributed by atoms with Gasteiger partial charge in [-0.1, -0.05) is 0 Å². The monoisotopic (exact) mass is 258 g/mol. The van der Waals surface area contributed by atoms with Crippen LogP contribution in [0.25, 0.3) is 0 Å². The van der Waals surface area contributed by atoms with Gasteiger partial charge in [0.2, 0.25) is 11.8 Å². The molecule has 1 rings (SSSR count). The van der Waals surface area contributed by atoms with Crippen LogP contribution in [0.15, 0.2) is 0 Å². The molecule has 1 saturated heterocycles. The number of rotatable bonds is 6. The van der Waals surface area contributed by atoms with Crippen molar-refractivity contribution in [2.45, 2.75) is 19.4 Å². The molecule has 0 aromatic heterocycles. The molecule has 2 amide bonds. The second-order valence-electron chi connectivity index (χ2n) is 4.44. The molecule has 7 nitrogen and oxygen atoms in total. The van der Waals surface area contributed by atoms with E-state index in [0.717, 1.165) is 0 Å². The van der Waals surface area contributed by atoms with Crippen LogP contribution in [-0.2, 0) is 19.1 Å². The first-order valence-electron chi connectivity index (χ1n) is 5.73. The number of carbonyl (C=O) groups is 3. The molecule has 0 aromatic carbocycles. The van der Waals surface area contributed by atoms with Crippen LogP contribution in [0.4, 0.5) is 0 Å². The summed E-state index contributed by atoms with van der Waals surface area (Å²) in [5.41, 5.74) is 0. The maximum atomic E-state index is 11.6. The number of carboxylic acids is 1. The normalized spacial score (nSPS) is 20.9. The summed E-state index contributed by atoms with van der Waals surface area (Å²) in [5.74, 6) is -2.31. The van der Waals surface area contributed by atoms with Crippen LogP contribution >= 0.6 is 0 Å². The molecule has 2 N–H and O–H groups in total. The van der Waals surface area contributed by atoms with E-state index in [1.807, 2.05) is 0 Å². The molecule has 7 heteroatoms. The summed E-state index contributed by atoms with van der Waals surface area (Å²) in [6.07, 6.45) is -0.0315. The van der Waals surface area contributed by atoms with Crippen molar-refractivity contribution in [3.63, 3.8) is 0 Å². The zero-order chi connectivity index (χ0) is 13.7. The number of likely N-dealkylation sites (tertiary alicyclic amines) is 1. The fourth-order valence-electron chi connectivity index (χ4n) is 1.88. The van der Waals surface area contributed by atoms with Gasteiger partial charge in [0.25, 0.3) is 0 Å². The van der Waals surface area contributed by atoms with Gasteiger partial charge in [0, 0.05) is 26.1 Å². The fourth-order valence-corrected chi connectivity index (χ4v) is 1.88. The second-order valence-corrected chi connectivity index (χ2v) is 4.44. The molecule has 2 unspecified atom stereocenters. The highest BCUT2D eigenvalue weighted by molar-refractivity contribution is 5.89. The van der Waals surface area contributed by atoms with Gasteiger partial charge >= 0.3 is 5.97 Å². The summed E-state index contributed by atoms with van der Waals surface area (Å²) in [4.78, 5) is 35.1. The third kappa shape index (κ3) is 3.99. The summed E-state index contributed by atoms with van der Waals surface area (Å²) in [5, 5.41) is 11.5. The van der Waals surface area contributed by atoms with Crippen molar-refractivity contribution in [1.29, 1.82) is 0 Å². The number of carbonyl (C=O) groups excluding carboxylic acids is 2. The van der Waals surface area contributed by atoms with Crippen molar-refractivity contribution in [3.05, 3.63) is 0 Å². The topological polar surface area (TPSA) is 95.9 Å². The highest BCUT2D eigenvalue weighted by Gasteiger charge is 2.35. The summed E-state index contributed by atoms with van der Waals surface area (Å²) in [7, 11) is 1.53. The van der Waals surface area contributed by atoms with Gasteiger partial charge in [-0.05, 0) is 6.92 Å². The molecule has 1 aliphatic heterocycles. The SMILES string of the molecule is COCC(C)NC(=O)CN1CC(C(=O)O)CC1=O. The van der Waals surface area contributed by atoms with Crippen LogP contribution in [-0.4, -0.2) is 60.6 Å². The molecule has 1 heterocycles. The Labute approximate surface area is 105 Å². The number of hydrogen-bond donors (Lipinski definition) is 2. The van der Waals surface area contributed by atoms with E-state index >= 15 is 0 Å². The van der Waals surface area contributed by atoms with Gasteiger partial charge in [0.05, 0.1) is 19.1 Å². The molecule has 0 aromatic rings. The van der Waals surface area contributed by atoms with E-state index in [9.17, 15) is 14.4 Å². The van der Waals surface area contributed by atoms with Crippen molar-refractivity contribution < 1.29 is 24.2 Å². The Kier molecular flexibility index (Phi) is 5.08. The number of amides is 2. The van der Waals surface area contributed by atoms with E-state index in [1.54, 1.807) is 6.92 Å². The zero-order valence-corrected chi connectivity index (χ0v) is 10.5. The zero-order valence-electron chi connectivity index (χ0n) is 10.5. The lowest BCUT2D eigenvalue weighted by atomic mass is 10.1. The van der Waals surface area contributed by atoms with Crippen LogP contribution in [0, 0.1) is 5.92 Å². The Morgan fingerprint density at radius 1 is 1.61 bits per heavy atom. The molecule has 0 saturated carbocycles. The van der Waals surface area contributed by atoms with Crippen LogP contribution in [0.2, 0.25) is 0 Å². The number of methoxy groups -OCH3 is 1. The first-order chi connectivity index (χ1) is 8.43. The van der Waals surface area contributed by atoms with Crippen LogP contribution in [0.5, 0.6) is 0 Å². The standard InChI is InChI=1S/C11H18N2O5/c1-7(6-18-2)12-9(14)5-13-4-8(11(16)17)3-10(13)15/h7-8H,3-6H2,1-2H3,(H,12,14)(H,16,17). The molecular weight excluding hydrogens is 240 g/mol. The molecular formula is C11H18N2O5. The number of aliphatic carboxylic acids is 1. The molecule has 2 atom stereocenters. The first kappa shape index (κ1) is 14.4. The Bertz CT molecular complexity index is 344. The van der Waals surface area contributed by atoms with E-state index in [0.29, 0.717) is 6.61 Å². The maximum Gasteiger partial charge on any atom is 0.308 e. The number of ether oxygens (including phenoxy) is 1. The maximum absolute atomic E-state index is 11.6. The van der Waals surface area contributed by atoms with Gasteiger partial charge in [-0.3, -0.25) is 14.4 Å². The number of nitrogens with zero attached hydrogens (tertiary/aromatic N) is 1.